The largest absolute Gasteiger partial charge is 0.496 e. The SMILES string of the molecule is COc1cc(F)ccc1CC(=O)N1Cc2ccnn2C[C@@H](CN(C)C)C1. The highest BCUT2D eigenvalue weighted by Crippen LogP contribution is 2.22. The van der Waals surface area contributed by atoms with Gasteiger partial charge in [0.2, 0.25) is 5.91 Å². The van der Waals surface area contributed by atoms with Gasteiger partial charge in [0.25, 0.3) is 0 Å². The van der Waals surface area contributed by atoms with Gasteiger partial charge in [0.1, 0.15) is 11.6 Å². The summed E-state index contributed by atoms with van der Waals surface area (Å²) in [5, 5.41) is 4.39. The molecule has 0 radical (unpaired) electrons. The number of amides is 1. The first kappa shape index (κ1) is 18.4. The molecular formula is C19H25FN4O2. The summed E-state index contributed by atoms with van der Waals surface area (Å²) >= 11 is 0. The van der Waals surface area contributed by atoms with Crippen LogP contribution in [0.15, 0.2) is 30.5 Å². The minimum absolute atomic E-state index is 0.00770. The van der Waals surface area contributed by atoms with Crippen molar-refractivity contribution in [2.24, 2.45) is 5.92 Å². The summed E-state index contributed by atoms with van der Waals surface area (Å²) in [6.45, 7) is 2.88. The average Bonchev–Trinajstić information content (AvgIpc) is 2.94. The second-order valence-electron chi connectivity index (χ2n) is 7.04. The molecule has 6 nitrogen and oxygen atoms in total. The van der Waals surface area contributed by atoms with E-state index in [0.29, 0.717) is 30.3 Å². The van der Waals surface area contributed by atoms with Crippen molar-refractivity contribution in [3.05, 3.63) is 47.5 Å². The predicted molar refractivity (Wildman–Crippen MR) is 96.3 cm³/mol. The highest BCUT2D eigenvalue weighted by Gasteiger charge is 2.26. The van der Waals surface area contributed by atoms with Gasteiger partial charge in [-0.25, -0.2) is 4.39 Å². The van der Waals surface area contributed by atoms with Crippen molar-refractivity contribution in [2.75, 3.05) is 34.3 Å². The lowest BCUT2D eigenvalue weighted by atomic mass is 10.1. The number of hydrogen-bond donors (Lipinski definition) is 0. The summed E-state index contributed by atoms with van der Waals surface area (Å²) in [4.78, 5) is 17.0. The van der Waals surface area contributed by atoms with Gasteiger partial charge in [0, 0.05) is 43.4 Å². The van der Waals surface area contributed by atoms with E-state index in [0.717, 1.165) is 18.8 Å². The summed E-state index contributed by atoms with van der Waals surface area (Å²) in [5.74, 6) is 0.337. The lowest BCUT2D eigenvalue weighted by Gasteiger charge is -2.26. The Morgan fingerprint density at radius 3 is 2.88 bits per heavy atom. The lowest BCUT2D eigenvalue weighted by Crippen LogP contribution is -2.38. The van der Waals surface area contributed by atoms with E-state index in [1.165, 1.54) is 19.2 Å². The smallest absolute Gasteiger partial charge is 0.227 e. The Kier molecular flexibility index (Phi) is 5.56. The first-order valence-corrected chi connectivity index (χ1v) is 8.72. The number of carbonyl (C=O) groups is 1. The number of halogens is 1. The van der Waals surface area contributed by atoms with Gasteiger partial charge in [0.05, 0.1) is 25.8 Å². The van der Waals surface area contributed by atoms with Crippen LogP contribution in [-0.2, 0) is 24.3 Å². The third-order valence-electron chi connectivity index (χ3n) is 4.63. The van der Waals surface area contributed by atoms with Gasteiger partial charge in [-0.15, -0.1) is 0 Å². The Bertz CT molecular complexity index is 775. The molecule has 0 bridgehead atoms. The van der Waals surface area contributed by atoms with E-state index in [4.69, 9.17) is 4.74 Å². The van der Waals surface area contributed by atoms with E-state index in [2.05, 4.69) is 10.00 Å². The predicted octanol–water partition coefficient (Wildman–Crippen LogP) is 1.79. The summed E-state index contributed by atoms with van der Waals surface area (Å²) in [6.07, 6.45) is 1.96. The molecular weight excluding hydrogens is 335 g/mol. The van der Waals surface area contributed by atoms with Crippen molar-refractivity contribution in [3.63, 3.8) is 0 Å². The standard InChI is InChI=1S/C19H25FN4O2/c1-22(2)10-14-11-23(13-17-6-7-21-24(17)12-14)19(25)8-15-4-5-16(20)9-18(15)26-3/h4-7,9,14H,8,10-13H2,1-3H3/t14-/m0/s1. The highest BCUT2D eigenvalue weighted by molar-refractivity contribution is 5.79. The summed E-state index contributed by atoms with van der Waals surface area (Å²) in [7, 11) is 5.55. The molecule has 7 heteroatoms. The number of rotatable bonds is 5. The number of benzene rings is 1. The number of methoxy groups -OCH3 is 1. The maximum Gasteiger partial charge on any atom is 0.227 e. The van der Waals surface area contributed by atoms with Gasteiger partial charge < -0.3 is 14.5 Å². The fourth-order valence-electron chi connectivity index (χ4n) is 3.49. The number of aromatic nitrogens is 2. The molecule has 1 amide bonds. The number of hydrogen-bond acceptors (Lipinski definition) is 4. The van der Waals surface area contributed by atoms with Gasteiger partial charge in [-0.05, 0) is 26.2 Å². The quantitative estimate of drug-likeness (QED) is 0.816. The van der Waals surface area contributed by atoms with Gasteiger partial charge in [-0.3, -0.25) is 9.48 Å². The lowest BCUT2D eigenvalue weighted by molar-refractivity contribution is -0.131. The van der Waals surface area contributed by atoms with E-state index < -0.39 is 0 Å². The van der Waals surface area contributed by atoms with Gasteiger partial charge in [-0.2, -0.15) is 5.10 Å². The molecule has 1 aromatic carbocycles. The van der Waals surface area contributed by atoms with Crippen LogP contribution in [0.3, 0.4) is 0 Å². The van der Waals surface area contributed by atoms with Crippen molar-refractivity contribution < 1.29 is 13.9 Å². The molecule has 1 aliphatic rings. The molecule has 1 aromatic heterocycles. The van der Waals surface area contributed by atoms with Crippen molar-refractivity contribution >= 4 is 5.91 Å². The first-order chi connectivity index (χ1) is 12.5. The van der Waals surface area contributed by atoms with E-state index in [1.54, 1.807) is 12.3 Å². The zero-order chi connectivity index (χ0) is 18.7. The summed E-state index contributed by atoms with van der Waals surface area (Å²) < 4.78 is 20.6. The molecule has 0 N–H and O–H groups in total. The van der Waals surface area contributed by atoms with E-state index in [9.17, 15) is 9.18 Å². The molecule has 0 unspecified atom stereocenters. The second-order valence-corrected chi connectivity index (χ2v) is 7.04. The third-order valence-corrected chi connectivity index (χ3v) is 4.63. The molecule has 2 heterocycles. The van der Waals surface area contributed by atoms with Gasteiger partial charge >= 0.3 is 0 Å². The Morgan fingerprint density at radius 1 is 1.35 bits per heavy atom. The van der Waals surface area contributed by atoms with Crippen molar-refractivity contribution in [1.29, 1.82) is 0 Å². The second kappa shape index (κ2) is 7.86. The normalized spacial score (nSPS) is 17.1. The van der Waals surface area contributed by atoms with E-state index >= 15 is 0 Å². The van der Waals surface area contributed by atoms with E-state index in [1.807, 2.05) is 29.7 Å². The van der Waals surface area contributed by atoms with Gasteiger partial charge in [-0.1, -0.05) is 6.07 Å². The minimum Gasteiger partial charge on any atom is -0.496 e. The van der Waals surface area contributed by atoms with Crippen molar-refractivity contribution in [2.45, 2.75) is 19.5 Å². The molecule has 26 heavy (non-hydrogen) atoms. The molecule has 0 aliphatic carbocycles. The third kappa shape index (κ3) is 4.22. The fraction of sp³-hybridized carbons (Fsp3) is 0.474. The maximum absolute atomic E-state index is 13.4. The average molecular weight is 360 g/mol. The van der Waals surface area contributed by atoms with Crippen LogP contribution in [0.4, 0.5) is 4.39 Å². The molecule has 1 atom stereocenters. The number of ether oxygens (including phenoxy) is 1. The number of carbonyl (C=O) groups excluding carboxylic acids is 1. The zero-order valence-electron chi connectivity index (χ0n) is 15.5. The van der Waals surface area contributed by atoms with Crippen LogP contribution in [0, 0.1) is 11.7 Å². The topological polar surface area (TPSA) is 50.6 Å². The Hall–Kier alpha value is -2.41. The van der Waals surface area contributed by atoms with Crippen LogP contribution in [0.5, 0.6) is 5.75 Å². The molecule has 3 rings (SSSR count). The number of fused-ring (bicyclic) bond motifs is 1. The zero-order valence-corrected chi connectivity index (χ0v) is 15.5. The van der Waals surface area contributed by atoms with Crippen LogP contribution in [0.2, 0.25) is 0 Å². The molecule has 0 saturated carbocycles. The monoisotopic (exact) mass is 360 g/mol. The fourth-order valence-corrected chi connectivity index (χ4v) is 3.49. The van der Waals surface area contributed by atoms with Crippen LogP contribution in [-0.4, -0.2) is 59.8 Å². The molecule has 0 spiro atoms. The van der Waals surface area contributed by atoms with E-state index in [-0.39, 0.29) is 18.1 Å². The highest BCUT2D eigenvalue weighted by atomic mass is 19.1. The summed E-state index contributed by atoms with van der Waals surface area (Å²) in [5.41, 5.74) is 1.73. The van der Waals surface area contributed by atoms with Crippen LogP contribution >= 0.6 is 0 Å². The summed E-state index contributed by atoms with van der Waals surface area (Å²) in [6, 6.07) is 6.24. The first-order valence-electron chi connectivity index (χ1n) is 8.72. The van der Waals surface area contributed by atoms with Crippen LogP contribution < -0.4 is 4.74 Å². The Labute approximate surface area is 153 Å². The molecule has 0 saturated heterocycles. The molecule has 1 aliphatic heterocycles. The minimum atomic E-state index is -0.372. The molecule has 140 valence electrons. The molecule has 2 aromatic rings. The van der Waals surface area contributed by atoms with Crippen molar-refractivity contribution in [1.82, 2.24) is 19.6 Å². The van der Waals surface area contributed by atoms with Crippen molar-refractivity contribution in [3.8, 4) is 5.75 Å². The van der Waals surface area contributed by atoms with Gasteiger partial charge in [0.15, 0.2) is 0 Å². The maximum atomic E-state index is 13.4. The van der Waals surface area contributed by atoms with Crippen LogP contribution in [0.25, 0.3) is 0 Å². The number of nitrogens with zero attached hydrogens (tertiary/aromatic N) is 4. The Balaban J connectivity index is 1.79. The molecule has 0 fully saturated rings. The van der Waals surface area contributed by atoms with Crippen LogP contribution in [0.1, 0.15) is 11.3 Å². The Morgan fingerprint density at radius 2 is 2.15 bits per heavy atom.